The van der Waals surface area contributed by atoms with E-state index in [1.54, 1.807) is 13.0 Å². The van der Waals surface area contributed by atoms with Crippen molar-refractivity contribution in [3.63, 3.8) is 0 Å². The summed E-state index contributed by atoms with van der Waals surface area (Å²) in [6, 6.07) is 2.50. The van der Waals surface area contributed by atoms with E-state index in [9.17, 15) is 18.4 Å². The molecule has 10 heteroatoms. The van der Waals surface area contributed by atoms with Crippen LogP contribution < -0.4 is 0 Å². The van der Waals surface area contributed by atoms with E-state index < -0.39 is 11.9 Å². The number of alkyl halides is 3. The highest BCUT2D eigenvalue weighted by molar-refractivity contribution is 7.20. The lowest BCUT2D eigenvalue weighted by atomic mass is 10.2. The molecule has 2 aromatic rings. The Morgan fingerprint density at radius 3 is 2.39 bits per heavy atom. The summed E-state index contributed by atoms with van der Waals surface area (Å²) in [7, 11) is 0. The summed E-state index contributed by atoms with van der Waals surface area (Å²) in [4.78, 5) is 0.188. The Bertz CT molecular complexity index is 777. The Labute approximate surface area is 148 Å². The highest BCUT2D eigenvalue weighted by Gasteiger charge is 2.38. The molecule has 2 heterocycles. The Balaban J connectivity index is 2.77. The molecule has 2 rings (SSSR count). The molecule has 2 aromatic heterocycles. The van der Waals surface area contributed by atoms with Gasteiger partial charge in [-0.05, 0) is 13.0 Å². The predicted octanol–water partition coefficient (Wildman–Crippen LogP) is 6.06. The zero-order valence-corrected chi connectivity index (χ0v) is 14.6. The first kappa shape index (κ1) is 18.4. The Morgan fingerprint density at radius 1 is 1.30 bits per heavy atom. The quantitative estimate of drug-likeness (QED) is 0.622. The molecule has 0 radical (unpaired) electrons. The van der Waals surface area contributed by atoms with E-state index in [1.165, 1.54) is 0 Å². The minimum absolute atomic E-state index is 0.00254. The molecular weight excluding hydrogens is 396 g/mol. The smallest absolute Gasteiger partial charge is 0.361 e. The fourth-order valence-electron chi connectivity index (χ4n) is 1.95. The monoisotopic (exact) mass is 402 g/mol. The van der Waals surface area contributed by atoms with Crippen LogP contribution in [0.25, 0.3) is 10.6 Å². The van der Waals surface area contributed by atoms with Gasteiger partial charge in [-0.15, -0.1) is 11.3 Å². The van der Waals surface area contributed by atoms with Gasteiger partial charge in [0.25, 0.3) is 0 Å². The fourth-order valence-corrected chi connectivity index (χ4v) is 3.82. The number of nitrogens with zero attached hydrogens (tertiary/aromatic N) is 2. The summed E-state index contributed by atoms with van der Waals surface area (Å²) in [6.07, 6.45) is -4.65. The Kier molecular flexibility index (Phi) is 5.54. The van der Waals surface area contributed by atoms with E-state index in [1.807, 2.05) is 0 Å². The van der Waals surface area contributed by atoms with Gasteiger partial charge in [-0.2, -0.15) is 18.4 Å². The van der Waals surface area contributed by atoms with E-state index >= 15 is 0 Å². The lowest BCUT2D eigenvalue weighted by Crippen LogP contribution is -2.15. The molecule has 0 bridgehead atoms. The normalized spacial score (nSPS) is 11.7. The third kappa shape index (κ3) is 3.47. The van der Waals surface area contributed by atoms with Gasteiger partial charge in [-0.25, -0.2) is 0 Å². The number of hydrogen-bond donors (Lipinski definition) is 0. The van der Waals surface area contributed by atoms with Gasteiger partial charge in [0, 0.05) is 6.61 Å². The van der Waals surface area contributed by atoms with Gasteiger partial charge >= 0.3 is 6.18 Å². The standard InChI is InChI=1S/C13H8Cl3F3N2OS/c1-2-22-5-21-7(13(17,18)19)3-6(4-20)10(21)11-8(14)9(15)12(16)23-11/h3H,2,5H2,1H3. The molecule has 0 atom stereocenters. The molecule has 0 aliphatic carbocycles. The molecule has 0 saturated heterocycles. The maximum Gasteiger partial charge on any atom is 0.431 e. The molecule has 0 spiro atoms. The molecule has 0 fully saturated rings. The first-order chi connectivity index (χ1) is 10.7. The summed E-state index contributed by atoms with van der Waals surface area (Å²) in [6.45, 7) is 1.47. The van der Waals surface area contributed by atoms with Crippen LogP contribution in [0.2, 0.25) is 14.4 Å². The second-order valence-corrected chi connectivity index (χ2v) is 6.66. The molecule has 0 aliphatic rings. The SMILES string of the molecule is CCOCn1c(C(F)(F)F)cc(C#N)c1-c1sc(Cl)c(Cl)c1Cl. The van der Waals surface area contributed by atoms with Crippen LogP contribution in [0.4, 0.5) is 13.2 Å². The van der Waals surface area contributed by atoms with Gasteiger partial charge in [-0.3, -0.25) is 0 Å². The summed E-state index contributed by atoms with van der Waals surface area (Å²) in [5.41, 5.74) is -1.21. The summed E-state index contributed by atoms with van der Waals surface area (Å²) in [5.74, 6) is 0. The number of rotatable bonds is 4. The van der Waals surface area contributed by atoms with Crippen LogP contribution in [0.1, 0.15) is 18.2 Å². The largest absolute Gasteiger partial charge is 0.431 e. The minimum atomic E-state index is -4.65. The summed E-state index contributed by atoms with van der Waals surface area (Å²) >= 11 is 18.7. The zero-order valence-electron chi connectivity index (χ0n) is 11.5. The average Bonchev–Trinajstić information content (AvgIpc) is 2.97. The van der Waals surface area contributed by atoms with Gasteiger partial charge < -0.3 is 9.30 Å². The van der Waals surface area contributed by atoms with Gasteiger partial charge in [0.1, 0.15) is 22.8 Å². The van der Waals surface area contributed by atoms with E-state index in [0.717, 1.165) is 22.0 Å². The van der Waals surface area contributed by atoms with Crippen molar-refractivity contribution in [2.75, 3.05) is 6.61 Å². The molecule has 0 aliphatic heterocycles. The highest BCUT2D eigenvalue weighted by Crippen LogP contribution is 2.48. The van der Waals surface area contributed by atoms with Crippen LogP contribution in [-0.2, 0) is 17.6 Å². The predicted molar refractivity (Wildman–Crippen MR) is 84.1 cm³/mol. The molecular formula is C13H8Cl3F3N2OS. The van der Waals surface area contributed by atoms with Crippen molar-refractivity contribution >= 4 is 46.1 Å². The summed E-state index contributed by atoms with van der Waals surface area (Å²) in [5, 5.41) is 9.24. The van der Waals surface area contributed by atoms with Crippen LogP contribution in [-0.4, -0.2) is 11.2 Å². The molecule has 0 aromatic carbocycles. The maximum absolute atomic E-state index is 13.2. The minimum Gasteiger partial charge on any atom is -0.361 e. The maximum atomic E-state index is 13.2. The molecule has 0 amide bonds. The van der Waals surface area contributed by atoms with Gasteiger partial charge in [-0.1, -0.05) is 34.8 Å². The van der Waals surface area contributed by atoms with E-state index in [2.05, 4.69) is 0 Å². The lowest BCUT2D eigenvalue weighted by molar-refractivity contribution is -0.145. The Hall–Kier alpha value is -0.910. The molecule has 0 saturated carbocycles. The fraction of sp³-hybridized carbons (Fsp3) is 0.308. The average molecular weight is 404 g/mol. The number of thiophene rings is 1. The highest BCUT2D eigenvalue weighted by atomic mass is 35.5. The zero-order chi connectivity index (χ0) is 17.4. The van der Waals surface area contributed by atoms with Gasteiger partial charge in [0.05, 0.1) is 26.2 Å². The van der Waals surface area contributed by atoms with Crippen molar-refractivity contribution in [3.05, 3.63) is 31.7 Å². The van der Waals surface area contributed by atoms with Crippen LogP contribution in [0, 0.1) is 11.3 Å². The summed E-state index contributed by atoms with van der Waals surface area (Å²) < 4.78 is 45.8. The Morgan fingerprint density at radius 2 is 1.96 bits per heavy atom. The van der Waals surface area contributed by atoms with E-state index in [4.69, 9.17) is 39.5 Å². The molecule has 0 N–H and O–H groups in total. The van der Waals surface area contributed by atoms with Crippen molar-refractivity contribution in [3.8, 4) is 16.6 Å². The third-order valence-corrected chi connectivity index (χ3v) is 5.48. The van der Waals surface area contributed by atoms with E-state index in [-0.39, 0.29) is 43.9 Å². The molecule has 23 heavy (non-hydrogen) atoms. The van der Waals surface area contributed by atoms with Gasteiger partial charge in [0.15, 0.2) is 0 Å². The topological polar surface area (TPSA) is 38.0 Å². The van der Waals surface area contributed by atoms with Crippen LogP contribution in [0.3, 0.4) is 0 Å². The first-order valence-electron chi connectivity index (χ1n) is 6.14. The molecule has 3 nitrogen and oxygen atoms in total. The van der Waals surface area contributed by atoms with Crippen LogP contribution in [0.15, 0.2) is 6.07 Å². The number of aromatic nitrogens is 1. The number of hydrogen-bond acceptors (Lipinski definition) is 3. The number of halogens is 6. The van der Waals surface area contributed by atoms with Crippen molar-refractivity contribution < 1.29 is 17.9 Å². The van der Waals surface area contributed by atoms with Crippen molar-refractivity contribution in [2.24, 2.45) is 0 Å². The van der Waals surface area contributed by atoms with Crippen LogP contribution in [0.5, 0.6) is 0 Å². The number of ether oxygens (including phenoxy) is 1. The second kappa shape index (κ2) is 6.91. The van der Waals surface area contributed by atoms with Gasteiger partial charge in [0.2, 0.25) is 0 Å². The van der Waals surface area contributed by atoms with Crippen molar-refractivity contribution in [1.29, 1.82) is 5.26 Å². The van der Waals surface area contributed by atoms with Crippen molar-refractivity contribution in [2.45, 2.75) is 19.8 Å². The second-order valence-electron chi connectivity index (χ2n) is 4.28. The van der Waals surface area contributed by atoms with Crippen LogP contribution >= 0.6 is 46.1 Å². The molecule has 124 valence electrons. The van der Waals surface area contributed by atoms with Crippen molar-refractivity contribution in [1.82, 2.24) is 4.57 Å². The molecule has 0 unspecified atom stereocenters. The first-order valence-corrected chi connectivity index (χ1v) is 8.09. The number of nitriles is 1. The third-order valence-electron chi connectivity index (χ3n) is 2.90. The van der Waals surface area contributed by atoms with E-state index in [0.29, 0.717) is 0 Å². The lowest BCUT2D eigenvalue weighted by Gasteiger charge is -2.14.